The highest BCUT2D eigenvalue weighted by Gasteiger charge is 2.25. The second kappa shape index (κ2) is 8.84. The second-order valence-corrected chi connectivity index (χ2v) is 8.47. The van der Waals surface area contributed by atoms with Gasteiger partial charge in [-0.05, 0) is 49.2 Å². The number of H-pyrrole nitrogens is 1. The number of halogens is 1. The van der Waals surface area contributed by atoms with Crippen molar-refractivity contribution in [3.63, 3.8) is 0 Å². The Kier molecular flexibility index (Phi) is 5.76. The maximum absolute atomic E-state index is 13.3. The lowest BCUT2D eigenvalue weighted by molar-refractivity contribution is 0.0506. The van der Waals surface area contributed by atoms with Crippen LogP contribution in [0.5, 0.6) is 11.5 Å². The number of hydrogen-bond donors (Lipinski definition) is 1. The van der Waals surface area contributed by atoms with E-state index in [0.717, 1.165) is 18.2 Å². The number of carbonyl (C=O) groups excluding carboxylic acids is 1. The minimum Gasteiger partial charge on any atom is -0.486 e. The molecule has 3 heterocycles. The quantitative estimate of drug-likeness (QED) is 0.634. The number of hydrogen-bond acceptors (Lipinski definition) is 5. The lowest BCUT2D eigenvalue weighted by atomic mass is 10.1. The fraction of sp³-hybridized carbons (Fsp3) is 0.333. The van der Waals surface area contributed by atoms with E-state index in [1.807, 2.05) is 12.1 Å². The van der Waals surface area contributed by atoms with Gasteiger partial charge >= 0.3 is 0 Å². The van der Waals surface area contributed by atoms with Gasteiger partial charge in [0.05, 0.1) is 18.2 Å². The number of rotatable bonds is 5. The monoisotopic (exact) mass is 454 g/mol. The van der Waals surface area contributed by atoms with Gasteiger partial charge in [0.2, 0.25) is 0 Å². The summed E-state index contributed by atoms with van der Waals surface area (Å²) in [4.78, 5) is 30.7. The lowest BCUT2D eigenvalue weighted by Crippen LogP contribution is -2.38. The molecule has 1 saturated heterocycles. The number of benzene rings is 2. The molecule has 0 aliphatic carbocycles. The molecule has 1 N–H and O–H groups in total. The number of carbonyl (C=O) groups is 1. The summed E-state index contributed by atoms with van der Waals surface area (Å²) >= 11 is 5.98. The summed E-state index contributed by atoms with van der Waals surface area (Å²) in [7, 11) is 0. The molecule has 5 rings (SSSR count). The van der Waals surface area contributed by atoms with Crippen LogP contribution in [0.3, 0.4) is 0 Å². The minimum absolute atomic E-state index is 0.0386. The number of amides is 1. The van der Waals surface area contributed by atoms with Crippen LogP contribution in [0.4, 0.5) is 0 Å². The summed E-state index contributed by atoms with van der Waals surface area (Å²) in [5.41, 5.74) is 1.44. The van der Waals surface area contributed by atoms with Gasteiger partial charge in [0.1, 0.15) is 13.2 Å². The predicted octanol–water partition coefficient (Wildman–Crippen LogP) is 3.77. The predicted molar refractivity (Wildman–Crippen MR) is 121 cm³/mol. The molecule has 1 atom stereocenters. The first-order chi connectivity index (χ1) is 15.6. The largest absolute Gasteiger partial charge is 0.486 e. The zero-order chi connectivity index (χ0) is 22.1. The first-order valence-corrected chi connectivity index (χ1v) is 11.1. The van der Waals surface area contributed by atoms with Gasteiger partial charge in [-0.25, -0.2) is 0 Å². The van der Waals surface area contributed by atoms with Crippen molar-refractivity contribution < 1.29 is 19.0 Å². The Morgan fingerprint density at radius 1 is 1.06 bits per heavy atom. The molecule has 1 fully saturated rings. The smallest absolute Gasteiger partial charge is 0.254 e. The van der Waals surface area contributed by atoms with Gasteiger partial charge in [0.15, 0.2) is 11.5 Å². The van der Waals surface area contributed by atoms with E-state index >= 15 is 0 Å². The topological polar surface area (TPSA) is 80.9 Å². The number of ether oxygens (including phenoxy) is 3. The molecule has 0 bridgehead atoms. The van der Waals surface area contributed by atoms with Crippen LogP contribution in [0.1, 0.15) is 28.8 Å². The molecule has 2 aliphatic heterocycles. The molecular formula is C24H23ClN2O5. The number of pyridine rings is 1. The van der Waals surface area contributed by atoms with Gasteiger partial charge < -0.3 is 24.1 Å². The van der Waals surface area contributed by atoms with Crippen molar-refractivity contribution >= 4 is 28.4 Å². The normalized spacial score (nSPS) is 17.5. The van der Waals surface area contributed by atoms with Crippen LogP contribution in [-0.2, 0) is 11.3 Å². The summed E-state index contributed by atoms with van der Waals surface area (Å²) in [6.45, 7) is 2.24. The summed E-state index contributed by atoms with van der Waals surface area (Å²) in [5.74, 6) is 1.10. The van der Waals surface area contributed by atoms with Crippen molar-refractivity contribution in [2.24, 2.45) is 0 Å². The van der Waals surface area contributed by atoms with Crippen LogP contribution in [0.2, 0.25) is 5.02 Å². The van der Waals surface area contributed by atoms with Gasteiger partial charge in [0, 0.05) is 40.8 Å². The van der Waals surface area contributed by atoms with Gasteiger partial charge in [0.25, 0.3) is 11.5 Å². The fourth-order valence-corrected chi connectivity index (χ4v) is 4.27. The Labute approximate surface area is 189 Å². The number of aromatic nitrogens is 1. The molecule has 32 heavy (non-hydrogen) atoms. The van der Waals surface area contributed by atoms with Crippen LogP contribution >= 0.6 is 11.6 Å². The number of fused-ring (bicyclic) bond motifs is 2. The Bertz CT molecular complexity index is 1200. The van der Waals surface area contributed by atoms with Crippen LogP contribution in [0, 0.1) is 0 Å². The molecule has 166 valence electrons. The van der Waals surface area contributed by atoms with Crippen molar-refractivity contribution in [1.29, 1.82) is 0 Å². The van der Waals surface area contributed by atoms with E-state index in [1.165, 1.54) is 0 Å². The highest BCUT2D eigenvalue weighted by atomic mass is 35.5. The first-order valence-electron chi connectivity index (χ1n) is 10.7. The molecule has 1 aromatic heterocycles. The summed E-state index contributed by atoms with van der Waals surface area (Å²) in [6, 6.07) is 12.2. The van der Waals surface area contributed by atoms with E-state index in [-0.39, 0.29) is 24.1 Å². The molecule has 1 unspecified atom stereocenters. The van der Waals surface area contributed by atoms with Crippen molar-refractivity contribution in [2.75, 3.05) is 26.4 Å². The Morgan fingerprint density at radius 3 is 2.53 bits per heavy atom. The number of nitrogens with zero attached hydrogens (tertiary/aromatic N) is 1. The average Bonchev–Trinajstić information content (AvgIpc) is 3.31. The Hall–Kier alpha value is -3.03. The van der Waals surface area contributed by atoms with Crippen LogP contribution in [0.25, 0.3) is 10.9 Å². The third kappa shape index (κ3) is 4.31. The van der Waals surface area contributed by atoms with E-state index in [4.69, 9.17) is 25.8 Å². The van der Waals surface area contributed by atoms with Crippen LogP contribution in [-0.4, -0.2) is 48.3 Å². The van der Waals surface area contributed by atoms with E-state index in [1.54, 1.807) is 35.2 Å². The minimum atomic E-state index is -0.240. The van der Waals surface area contributed by atoms with Crippen molar-refractivity contribution in [3.05, 3.63) is 69.0 Å². The van der Waals surface area contributed by atoms with E-state index in [2.05, 4.69) is 4.98 Å². The molecule has 2 aliphatic rings. The summed E-state index contributed by atoms with van der Waals surface area (Å²) < 4.78 is 17.0. The highest BCUT2D eigenvalue weighted by molar-refractivity contribution is 6.30. The van der Waals surface area contributed by atoms with Crippen molar-refractivity contribution in [3.8, 4) is 11.5 Å². The lowest BCUT2D eigenvalue weighted by Gasteiger charge is -2.26. The average molecular weight is 455 g/mol. The summed E-state index contributed by atoms with van der Waals surface area (Å²) in [6.07, 6.45) is 1.82. The second-order valence-electron chi connectivity index (χ2n) is 8.03. The molecule has 0 radical (unpaired) electrons. The molecular weight excluding hydrogens is 432 g/mol. The van der Waals surface area contributed by atoms with Gasteiger partial charge in [-0.1, -0.05) is 11.6 Å². The van der Waals surface area contributed by atoms with Gasteiger partial charge in [-0.2, -0.15) is 0 Å². The molecule has 3 aromatic rings. The van der Waals surface area contributed by atoms with E-state index < -0.39 is 0 Å². The number of aromatic amines is 1. The molecule has 7 nitrogen and oxygen atoms in total. The Balaban J connectivity index is 1.47. The van der Waals surface area contributed by atoms with E-state index in [0.29, 0.717) is 59.5 Å². The van der Waals surface area contributed by atoms with Crippen molar-refractivity contribution in [2.45, 2.75) is 25.5 Å². The van der Waals surface area contributed by atoms with Crippen molar-refractivity contribution in [1.82, 2.24) is 9.88 Å². The van der Waals surface area contributed by atoms with E-state index in [9.17, 15) is 9.59 Å². The standard InChI is InChI=1S/C24H23ClN2O5/c25-18-5-3-15(4-6-18)24(29)27(14-19-2-1-7-30-19)13-17-10-16-11-21-22(32-9-8-31-21)12-20(16)26-23(17)28/h3-6,10-12,19H,1-2,7-9,13-14H2,(H,26,28). The summed E-state index contributed by atoms with van der Waals surface area (Å²) in [5, 5.41) is 1.38. The highest BCUT2D eigenvalue weighted by Crippen LogP contribution is 2.33. The maximum Gasteiger partial charge on any atom is 0.254 e. The first kappa shape index (κ1) is 20.8. The molecule has 0 saturated carbocycles. The molecule has 1 amide bonds. The zero-order valence-electron chi connectivity index (χ0n) is 17.4. The molecule has 2 aromatic carbocycles. The fourth-order valence-electron chi connectivity index (χ4n) is 4.14. The maximum atomic E-state index is 13.3. The third-order valence-corrected chi connectivity index (χ3v) is 6.02. The van der Waals surface area contributed by atoms with Gasteiger partial charge in [-0.15, -0.1) is 0 Å². The van der Waals surface area contributed by atoms with Crippen LogP contribution < -0.4 is 15.0 Å². The molecule has 8 heteroatoms. The zero-order valence-corrected chi connectivity index (χ0v) is 18.2. The van der Waals surface area contributed by atoms with Gasteiger partial charge in [-0.3, -0.25) is 9.59 Å². The number of nitrogens with one attached hydrogen (secondary N) is 1. The Morgan fingerprint density at radius 2 is 1.81 bits per heavy atom. The van der Waals surface area contributed by atoms with Crippen LogP contribution in [0.15, 0.2) is 47.3 Å². The molecule has 0 spiro atoms. The SMILES string of the molecule is O=C(c1ccc(Cl)cc1)N(Cc1cc2cc3c(cc2[nH]c1=O)OCCO3)CC1CCCO1. The third-order valence-electron chi connectivity index (χ3n) is 5.77.